The minimum Gasteiger partial charge on any atom is -0.459 e. The highest BCUT2D eigenvalue weighted by Gasteiger charge is 2.51. The van der Waals surface area contributed by atoms with Gasteiger partial charge in [-0.3, -0.25) is 0 Å². The summed E-state index contributed by atoms with van der Waals surface area (Å²) in [5.41, 5.74) is 2.49. The van der Waals surface area contributed by atoms with E-state index in [9.17, 15) is 9.59 Å². The molecule has 8 nitrogen and oxygen atoms in total. The Balaban J connectivity index is 1.23. The summed E-state index contributed by atoms with van der Waals surface area (Å²) < 4.78 is 36.8. The molecule has 0 spiro atoms. The van der Waals surface area contributed by atoms with E-state index in [0.29, 0.717) is 11.1 Å². The van der Waals surface area contributed by atoms with Crippen LogP contribution in [-0.2, 0) is 28.4 Å². The lowest BCUT2D eigenvalue weighted by Gasteiger charge is -2.25. The van der Waals surface area contributed by atoms with Crippen LogP contribution in [0.5, 0.6) is 0 Å². The number of rotatable bonds is 9. The van der Waals surface area contributed by atoms with Crippen LogP contribution in [0.4, 0.5) is 0 Å². The molecule has 6 unspecified atom stereocenters. The summed E-state index contributed by atoms with van der Waals surface area (Å²) in [6.07, 6.45) is -4.20. The van der Waals surface area contributed by atoms with Crippen LogP contribution < -0.4 is 0 Å². The van der Waals surface area contributed by atoms with E-state index in [4.69, 9.17) is 28.4 Å². The van der Waals surface area contributed by atoms with Gasteiger partial charge in [0.25, 0.3) is 0 Å². The Kier molecular flexibility index (Phi) is 8.67. The van der Waals surface area contributed by atoms with Gasteiger partial charge in [-0.05, 0) is 24.3 Å². The van der Waals surface area contributed by atoms with Crippen molar-refractivity contribution in [1.82, 2.24) is 0 Å². The van der Waals surface area contributed by atoms with E-state index >= 15 is 0 Å². The van der Waals surface area contributed by atoms with Crippen LogP contribution in [0, 0.1) is 0 Å². The van der Waals surface area contributed by atoms with Gasteiger partial charge in [0.2, 0.25) is 0 Å². The molecule has 0 saturated carbocycles. The second kappa shape index (κ2) is 13.1. The second-order valence-electron chi connectivity index (χ2n) is 9.96. The molecule has 2 heterocycles. The van der Waals surface area contributed by atoms with E-state index in [1.165, 1.54) is 0 Å². The number of esters is 2. The number of benzene rings is 4. The summed E-state index contributed by atoms with van der Waals surface area (Å²) >= 11 is 0. The first-order chi connectivity index (χ1) is 20.7. The van der Waals surface area contributed by atoms with Crippen LogP contribution >= 0.6 is 0 Å². The fourth-order valence-corrected chi connectivity index (χ4v) is 5.01. The van der Waals surface area contributed by atoms with Crippen LogP contribution in [-0.4, -0.2) is 49.6 Å². The highest BCUT2D eigenvalue weighted by Crippen LogP contribution is 2.41. The fourth-order valence-electron chi connectivity index (χ4n) is 5.01. The molecule has 0 aromatic heterocycles. The number of carbonyl (C=O) groups excluding carboxylic acids is 2. The minimum absolute atomic E-state index is 0.0753. The molecule has 0 N–H and O–H groups in total. The number of ether oxygens (including phenoxy) is 6. The number of hydrogen-bond acceptors (Lipinski definition) is 8. The molecule has 6 rings (SSSR count). The van der Waals surface area contributed by atoms with E-state index < -0.39 is 48.9 Å². The Morgan fingerprint density at radius 1 is 0.476 bits per heavy atom. The van der Waals surface area contributed by atoms with Gasteiger partial charge in [-0.15, -0.1) is 0 Å². The third-order valence-electron chi connectivity index (χ3n) is 7.13. The van der Waals surface area contributed by atoms with Crippen molar-refractivity contribution in [3.63, 3.8) is 0 Å². The lowest BCUT2D eigenvalue weighted by atomic mass is 10.0. The Morgan fingerprint density at radius 2 is 0.810 bits per heavy atom. The minimum atomic E-state index is -0.719. The lowest BCUT2D eigenvalue weighted by Crippen LogP contribution is -2.45. The third kappa shape index (κ3) is 6.42. The van der Waals surface area contributed by atoms with E-state index in [-0.39, 0.29) is 13.2 Å². The summed E-state index contributed by atoms with van der Waals surface area (Å²) in [4.78, 5) is 25.5. The van der Waals surface area contributed by atoms with Gasteiger partial charge < -0.3 is 28.4 Å². The first-order valence-electron chi connectivity index (χ1n) is 13.8. The summed E-state index contributed by atoms with van der Waals surface area (Å²) in [6, 6.07) is 36.5. The average Bonchev–Trinajstić information content (AvgIpc) is 3.68. The van der Waals surface area contributed by atoms with Gasteiger partial charge in [0.15, 0.2) is 12.6 Å². The zero-order valence-electron chi connectivity index (χ0n) is 22.7. The van der Waals surface area contributed by atoms with Crippen LogP contribution in [0.2, 0.25) is 0 Å². The molecule has 6 atom stereocenters. The van der Waals surface area contributed by atoms with Crippen molar-refractivity contribution < 1.29 is 38.0 Å². The maximum Gasteiger partial charge on any atom is 0.338 e. The highest BCUT2D eigenvalue weighted by atomic mass is 16.8. The standard InChI is InChI=1S/C34H30O8/c35-31(23-13-5-1-6-14-23)37-21-27-29(41-33(39-27)25-17-9-3-10-18-25)30-28(22-38-32(36)24-15-7-2-8-16-24)40-34(42-30)26-19-11-4-12-20-26/h1-20,27-30,33-34H,21-22H2. The van der Waals surface area contributed by atoms with Gasteiger partial charge >= 0.3 is 11.9 Å². The molecule has 4 aromatic carbocycles. The number of hydrogen-bond donors (Lipinski definition) is 0. The second-order valence-corrected chi connectivity index (χ2v) is 9.96. The lowest BCUT2D eigenvalue weighted by molar-refractivity contribution is -0.107. The van der Waals surface area contributed by atoms with Crippen molar-refractivity contribution in [2.24, 2.45) is 0 Å². The summed E-state index contributed by atoms with van der Waals surface area (Å²) in [7, 11) is 0. The van der Waals surface area contributed by atoms with E-state index in [1.807, 2.05) is 72.8 Å². The quantitative estimate of drug-likeness (QED) is 0.240. The van der Waals surface area contributed by atoms with Gasteiger partial charge in [0.05, 0.1) is 11.1 Å². The van der Waals surface area contributed by atoms with Crippen molar-refractivity contribution in [3.05, 3.63) is 144 Å². The molecular formula is C34H30O8. The monoisotopic (exact) mass is 566 g/mol. The van der Waals surface area contributed by atoms with Gasteiger partial charge in [0.1, 0.15) is 37.6 Å². The van der Waals surface area contributed by atoms with Crippen LogP contribution in [0.1, 0.15) is 44.4 Å². The van der Waals surface area contributed by atoms with Crippen LogP contribution in [0.3, 0.4) is 0 Å². The molecule has 2 aliphatic heterocycles. The zero-order chi connectivity index (χ0) is 28.7. The molecule has 0 bridgehead atoms. The van der Waals surface area contributed by atoms with E-state index in [2.05, 4.69) is 0 Å². The van der Waals surface area contributed by atoms with Gasteiger partial charge in [-0.25, -0.2) is 9.59 Å². The van der Waals surface area contributed by atoms with Crippen molar-refractivity contribution in [3.8, 4) is 0 Å². The molecular weight excluding hydrogens is 536 g/mol. The van der Waals surface area contributed by atoms with Crippen molar-refractivity contribution in [2.75, 3.05) is 13.2 Å². The van der Waals surface area contributed by atoms with Crippen LogP contribution in [0.25, 0.3) is 0 Å². The summed E-state index contributed by atoms with van der Waals surface area (Å²) in [6.45, 7) is -0.151. The molecule has 2 aliphatic rings. The van der Waals surface area contributed by atoms with E-state index in [0.717, 1.165) is 11.1 Å². The Morgan fingerprint density at radius 3 is 1.17 bits per heavy atom. The summed E-state index contributed by atoms with van der Waals surface area (Å²) in [5, 5.41) is 0. The van der Waals surface area contributed by atoms with Gasteiger partial charge in [0, 0.05) is 11.1 Å². The maximum atomic E-state index is 12.8. The molecule has 4 aromatic rings. The van der Waals surface area contributed by atoms with Gasteiger partial charge in [-0.1, -0.05) is 97.1 Å². The number of carbonyl (C=O) groups is 2. The molecule has 0 radical (unpaired) electrons. The molecule has 214 valence electrons. The average molecular weight is 567 g/mol. The molecule has 42 heavy (non-hydrogen) atoms. The first-order valence-corrected chi connectivity index (χ1v) is 13.8. The Bertz CT molecular complexity index is 1340. The zero-order valence-corrected chi connectivity index (χ0v) is 22.7. The Hall–Kier alpha value is -4.34. The molecule has 0 amide bonds. The normalized spacial score (nSPS) is 25.1. The van der Waals surface area contributed by atoms with E-state index in [1.54, 1.807) is 48.5 Å². The van der Waals surface area contributed by atoms with Crippen molar-refractivity contribution >= 4 is 11.9 Å². The SMILES string of the molecule is O=C(OCC1OC(c2ccccc2)OC1C1OC(c2ccccc2)OC1COC(=O)c1ccccc1)c1ccccc1. The van der Waals surface area contributed by atoms with Crippen molar-refractivity contribution in [2.45, 2.75) is 37.0 Å². The van der Waals surface area contributed by atoms with Gasteiger partial charge in [-0.2, -0.15) is 0 Å². The largest absolute Gasteiger partial charge is 0.459 e. The highest BCUT2D eigenvalue weighted by molar-refractivity contribution is 5.89. The predicted octanol–water partition coefficient (Wildman–Crippen LogP) is 5.67. The van der Waals surface area contributed by atoms with Crippen molar-refractivity contribution in [1.29, 1.82) is 0 Å². The summed E-state index contributed by atoms with van der Waals surface area (Å²) in [5.74, 6) is -0.944. The third-order valence-corrected chi connectivity index (χ3v) is 7.13. The smallest absolute Gasteiger partial charge is 0.338 e. The molecule has 2 fully saturated rings. The fraction of sp³-hybridized carbons (Fsp3) is 0.235. The first kappa shape index (κ1) is 27.8. The predicted molar refractivity (Wildman–Crippen MR) is 151 cm³/mol. The molecule has 0 aliphatic carbocycles. The molecule has 8 heteroatoms. The molecule has 2 saturated heterocycles. The topological polar surface area (TPSA) is 89.5 Å². The maximum absolute atomic E-state index is 12.8. The Labute approximate surface area is 243 Å². The van der Waals surface area contributed by atoms with Crippen LogP contribution in [0.15, 0.2) is 121 Å².